The molecule has 0 aromatic carbocycles. The Bertz CT molecular complexity index is 293. The number of hydrogen-bond donors (Lipinski definition) is 2. The SMILES string of the molecule is CCCCN(CCCC)C(=N)/N=C(\NC)N(C)CCCC. The summed E-state index contributed by atoms with van der Waals surface area (Å²) in [6.45, 7) is 9.37. The molecule has 21 heavy (non-hydrogen) atoms. The van der Waals surface area contributed by atoms with Crippen molar-refractivity contribution >= 4 is 11.9 Å². The zero-order valence-electron chi connectivity index (χ0n) is 14.7. The Morgan fingerprint density at radius 2 is 1.43 bits per heavy atom. The molecular weight excluding hydrogens is 262 g/mol. The highest BCUT2D eigenvalue weighted by molar-refractivity contribution is 5.93. The van der Waals surface area contributed by atoms with Gasteiger partial charge in [0.15, 0.2) is 0 Å². The van der Waals surface area contributed by atoms with E-state index in [-0.39, 0.29) is 0 Å². The Balaban J connectivity index is 4.73. The van der Waals surface area contributed by atoms with Crippen LogP contribution in [0.2, 0.25) is 0 Å². The van der Waals surface area contributed by atoms with Crippen molar-refractivity contribution in [2.45, 2.75) is 59.3 Å². The fourth-order valence-corrected chi connectivity index (χ4v) is 2.03. The van der Waals surface area contributed by atoms with Gasteiger partial charge in [0.2, 0.25) is 11.9 Å². The number of aliphatic imine (C=N–C) groups is 1. The number of nitrogens with zero attached hydrogens (tertiary/aromatic N) is 3. The normalized spacial score (nSPS) is 11.4. The molecule has 0 aliphatic heterocycles. The number of guanidine groups is 2. The maximum absolute atomic E-state index is 8.28. The molecule has 0 aliphatic carbocycles. The lowest BCUT2D eigenvalue weighted by Gasteiger charge is -2.25. The van der Waals surface area contributed by atoms with E-state index >= 15 is 0 Å². The van der Waals surface area contributed by atoms with Crippen LogP contribution in [-0.2, 0) is 0 Å². The molecule has 0 rings (SSSR count). The van der Waals surface area contributed by atoms with Gasteiger partial charge in [-0.3, -0.25) is 5.41 Å². The summed E-state index contributed by atoms with van der Waals surface area (Å²) in [5.74, 6) is 1.16. The summed E-state index contributed by atoms with van der Waals surface area (Å²) < 4.78 is 0. The largest absolute Gasteiger partial charge is 0.359 e. The average molecular weight is 297 g/mol. The third kappa shape index (κ3) is 8.58. The average Bonchev–Trinajstić information content (AvgIpc) is 2.50. The van der Waals surface area contributed by atoms with E-state index in [0.29, 0.717) is 5.96 Å². The maximum Gasteiger partial charge on any atom is 0.221 e. The summed E-state index contributed by atoms with van der Waals surface area (Å²) in [4.78, 5) is 8.68. The van der Waals surface area contributed by atoms with Gasteiger partial charge in [0.25, 0.3) is 0 Å². The second-order valence-electron chi connectivity index (χ2n) is 5.48. The van der Waals surface area contributed by atoms with E-state index in [4.69, 9.17) is 5.41 Å². The van der Waals surface area contributed by atoms with Gasteiger partial charge in [0.1, 0.15) is 0 Å². The Morgan fingerprint density at radius 1 is 0.952 bits per heavy atom. The Kier molecular flexibility index (Phi) is 11.7. The monoisotopic (exact) mass is 297 g/mol. The van der Waals surface area contributed by atoms with Crippen LogP contribution in [0.3, 0.4) is 0 Å². The lowest BCUT2D eigenvalue weighted by molar-refractivity contribution is 0.390. The highest BCUT2D eigenvalue weighted by Crippen LogP contribution is 2.02. The lowest BCUT2D eigenvalue weighted by Crippen LogP contribution is -2.40. The van der Waals surface area contributed by atoms with Gasteiger partial charge in [-0.1, -0.05) is 40.0 Å². The quantitative estimate of drug-likeness (QED) is 0.508. The molecule has 0 unspecified atom stereocenters. The van der Waals surface area contributed by atoms with Gasteiger partial charge in [0, 0.05) is 33.7 Å². The zero-order chi connectivity index (χ0) is 16.1. The van der Waals surface area contributed by atoms with E-state index in [0.717, 1.165) is 64.1 Å². The second kappa shape index (κ2) is 12.5. The van der Waals surface area contributed by atoms with Gasteiger partial charge in [-0.25, -0.2) is 0 Å². The smallest absolute Gasteiger partial charge is 0.221 e. The molecule has 0 aromatic heterocycles. The molecule has 0 aliphatic rings. The summed E-state index contributed by atoms with van der Waals surface area (Å²) in [5, 5.41) is 11.4. The van der Waals surface area contributed by atoms with Gasteiger partial charge in [-0.05, 0) is 19.3 Å². The van der Waals surface area contributed by atoms with Gasteiger partial charge < -0.3 is 15.1 Å². The molecule has 0 heterocycles. The first-order valence-corrected chi connectivity index (χ1v) is 8.41. The van der Waals surface area contributed by atoms with Crippen LogP contribution in [0.4, 0.5) is 0 Å². The molecule has 2 N–H and O–H groups in total. The first kappa shape index (κ1) is 19.7. The first-order chi connectivity index (χ1) is 10.1. The predicted molar refractivity (Wildman–Crippen MR) is 93.1 cm³/mol. The van der Waals surface area contributed by atoms with Crippen LogP contribution in [-0.4, -0.2) is 55.4 Å². The van der Waals surface area contributed by atoms with Crippen LogP contribution in [0, 0.1) is 5.41 Å². The standard InChI is InChI=1S/C16H35N5/c1-6-9-12-20(5)16(18-4)19-15(17)21(13-10-7-2)14-11-8-3/h6-14H2,1-5H3,(H2,17,18,19). The third-order valence-corrected chi connectivity index (χ3v) is 3.51. The summed E-state index contributed by atoms with van der Waals surface area (Å²) in [7, 11) is 3.90. The Labute approximate surface area is 131 Å². The number of hydrogen-bond acceptors (Lipinski definition) is 1. The molecule has 0 radical (unpaired) electrons. The van der Waals surface area contributed by atoms with Crippen molar-refractivity contribution in [3.63, 3.8) is 0 Å². The second-order valence-corrected chi connectivity index (χ2v) is 5.48. The van der Waals surface area contributed by atoms with Crippen LogP contribution in [0.5, 0.6) is 0 Å². The molecule has 0 spiro atoms. The summed E-state index contributed by atoms with van der Waals surface area (Å²) >= 11 is 0. The van der Waals surface area contributed by atoms with E-state index in [9.17, 15) is 0 Å². The minimum absolute atomic E-state index is 0.379. The maximum atomic E-state index is 8.28. The van der Waals surface area contributed by atoms with E-state index in [1.807, 2.05) is 14.1 Å². The lowest BCUT2D eigenvalue weighted by atomic mass is 10.3. The fourth-order valence-electron chi connectivity index (χ4n) is 2.03. The van der Waals surface area contributed by atoms with Crippen LogP contribution in [0.25, 0.3) is 0 Å². The molecule has 124 valence electrons. The van der Waals surface area contributed by atoms with Crippen molar-refractivity contribution in [2.24, 2.45) is 4.99 Å². The molecule has 0 bridgehead atoms. The van der Waals surface area contributed by atoms with Crippen molar-refractivity contribution in [3.8, 4) is 0 Å². The van der Waals surface area contributed by atoms with Crippen molar-refractivity contribution in [3.05, 3.63) is 0 Å². The van der Waals surface area contributed by atoms with E-state index in [1.54, 1.807) is 0 Å². The van der Waals surface area contributed by atoms with Crippen LogP contribution < -0.4 is 5.32 Å². The van der Waals surface area contributed by atoms with Crippen molar-refractivity contribution in [1.29, 1.82) is 5.41 Å². The van der Waals surface area contributed by atoms with Crippen LogP contribution in [0.1, 0.15) is 59.3 Å². The molecule has 0 atom stereocenters. The summed E-state index contributed by atoms with van der Waals surface area (Å²) in [5.41, 5.74) is 0. The molecule has 0 saturated carbocycles. The van der Waals surface area contributed by atoms with Gasteiger partial charge in [0.05, 0.1) is 0 Å². The highest BCUT2D eigenvalue weighted by Gasteiger charge is 2.11. The molecule has 0 aromatic rings. The number of nitrogens with one attached hydrogen (secondary N) is 2. The number of rotatable bonds is 9. The van der Waals surface area contributed by atoms with Crippen molar-refractivity contribution in [1.82, 2.24) is 15.1 Å². The van der Waals surface area contributed by atoms with Crippen LogP contribution >= 0.6 is 0 Å². The third-order valence-electron chi connectivity index (χ3n) is 3.51. The molecule has 0 saturated heterocycles. The van der Waals surface area contributed by atoms with E-state index < -0.39 is 0 Å². The Hall–Kier alpha value is -1.26. The molecule has 0 amide bonds. The van der Waals surface area contributed by atoms with E-state index in [2.05, 4.69) is 40.9 Å². The molecular formula is C16H35N5. The summed E-state index contributed by atoms with van der Waals surface area (Å²) in [6.07, 6.45) is 6.83. The minimum atomic E-state index is 0.379. The minimum Gasteiger partial charge on any atom is -0.359 e. The fraction of sp³-hybridized carbons (Fsp3) is 0.875. The summed E-state index contributed by atoms with van der Waals surface area (Å²) in [6, 6.07) is 0. The zero-order valence-corrected chi connectivity index (χ0v) is 14.7. The topological polar surface area (TPSA) is 54.7 Å². The van der Waals surface area contributed by atoms with Gasteiger partial charge in [-0.15, -0.1) is 0 Å². The Morgan fingerprint density at radius 3 is 1.86 bits per heavy atom. The van der Waals surface area contributed by atoms with Gasteiger partial charge in [-0.2, -0.15) is 4.99 Å². The molecule has 0 fully saturated rings. The first-order valence-electron chi connectivity index (χ1n) is 8.41. The van der Waals surface area contributed by atoms with E-state index in [1.165, 1.54) is 0 Å². The predicted octanol–water partition coefficient (Wildman–Crippen LogP) is 3.13. The molecule has 5 nitrogen and oxygen atoms in total. The number of unbranched alkanes of at least 4 members (excludes halogenated alkanes) is 3. The van der Waals surface area contributed by atoms with Crippen LogP contribution in [0.15, 0.2) is 4.99 Å². The molecule has 5 heteroatoms. The van der Waals surface area contributed by atoms with Crippen molar-refractivity contribution < 1.29 is 0 Å². The van der Waals surface area contributed by atoms with Crippen molar-refractivity contribution in [2.75, 3.05) is 33.7 Å². The highest BCUT2D eigenvalue weighted by atomic mass is 15.3. The van der Waals surface area contributed by atoms with Gasteiger partial charge >= 0.3 is 0 Å².